The van der Waals surface area contributed by atoms with Gasteiger partial charge in [0.15, 0.2) is 6.04 Å². The van der Waals surface area contributed by atoms with Crippen LogP contribution in [0.15, 0.2) is 0 Å². The summed E-state index contributed by atoms with van der Waals surface area (Å²) in [4.78, 5) is 9.83. The lowest BCUT2D eigenvalue weighted by Crippen LogP contribution is -2.40. The standard InChI is InChI=1S/C4H7F2NO2/c1-7-2(3(5)6)4(8)9/h2-3,7H,1H3,(H,8,9)/t2-/m0/s1. The zero-order valence-electron chi connectivity index (χ0n) is 4.77. The van der Waals surface area contributed by atoms with Crippen molar-refractivity contribution in [3.8, 4) is 0 Å². The minimum Gasteiger partial charge on any atom is -0.480 e. The summed E-state index contributed by atoms with van der Waals surface area (Å²) in [6.45, 7) is 0. The number of alkyl halides is 2. The first-order chi connectivity index (χ1) is 4.09. The van der Waals surface area contributed by atoms with Crippen molar-refractivity contribution in [3.63, 3.8) is 0 Å². The van der Waals surface area contributed by atoms with Gasteiger partial charge in [0.2, 0.25) is 0 Å². The Morgan fingerprint density at radius 3 is 2.11 bits per heavy atom. The highest BCUT2D eigenvalue weighted by atomic mass is 19.3. The molecule has 0 aliphatic rings. The summed E-state index contributed by atoms with van der Waals surface area (Å²) in [5, 5.41) is 9.95. The van der Waals surface area contributed by atoms with Crippen LogP contribution in [0.1, 0.15) is 0 Å². The van der Waals surface area contributed by atoms with Gasteiger partial charge in [-0.15, -0.1) is 0 Å². The fraction of sp³-hybridized carbons (Fsp3) is 0.750. The largest absolute Gasteiger partial charge is 0.480 e. The van der Waals surface area contributed by atoms with E-state index in [1.165, 1.54) is 7.05 Å². The molecule has 0 saturated carbocycles. The first-order valence-electron chi connectivity index (χ1n) is 2.27. The Kier molecular flexibility index (Phi) is 3.08. The second kappa shape index (κ2) is 3.34. The van der Waals surface area contributed by atoms with Gasteiger partial charge in [0.05, 0.1) is 0 Å². The smallest absolute Gasteiger partial charge is 0.326 e. The van der Waals surface area contributed by atoms with Gasteiger partial charge in [-0.2, -0.15) is 0 Å². The van der Waals surface area contributed by atoms with Gasteiger partial charge in [-0.25, -0.2) is 8.78 Å². The maximum Gasteiger partial charge on any atom is 0.326 e. The molecule has 0 rings (SSSR count). The quantitative estimate of drug-likeness (QED) is 0.575. The lowest BCUT2D eigenvalue weighted by atomic mass is 10.3. The SMILES string of the molecule is CN[C@H](C(=O)O)C(F)F. The minimum absolute atomic E-state index is 1.17. The van der Waals surface area contributed by atoms with Gasteiger partial charge in [-0.1, -0.05) is 0 Å². The Labute approximate surface area is 50.7 Å². The average molecular weight is 139 g/mol. The highest BCUT2D eigenvalue weighted by molar-refractivity contribution is 5.73. The van der Waals surface area contributed by atoms with Gasteiger partial charge in [0.25, 0.3) is 6.43 Å². The van der Waals surface area contributed by atoms with Crippen LogP contribution in [-0.2, 0) is 4.79 Å². The number of rotatable bonds is 3. The van der Waals surface area contributed by atoms with Gasteiger partial charge in [0, 0.05) is 0 Å². The molecule has 0 aliphatic carbocycles. The third-order valence-electron chi connectivity index (χ3n) is 0.829. The molecular formula is C4H7F2NO2. The van der Waals surface area contributed by atoms with E-state index in [9.17, 15) is 13.6 Å². The Morgan fingerprint density at radius 1 is 1.67 bits per heavy atom. The summed E-state index contributed by atoms with van der Waals surface area (Å²) in [6.07, 6.45) is -2.85. The molecule has 0 amide bonds. The predicted octanol–water partition coefficient (Wildman–Crippen LogP) is -0.0759. The van der Waals surface area contributed by atoms with E-state index in [-0.39, 0.29) is 0 Å². The van der Waals surface area contributed by atoms with Crippen LogP contribution in [0.25, 0.3) is 0 Å². The molecule has 0 spiro atoms. The molecule has 0 aromatic carbocycles. The number of carboxylic acid groups (broad SMARTS) is 1. The Hall–Kier alpha value is -0.710. The van der Waals surface area contributed by atoms with Crippen molar-refractivity contribution in [1.29, 1.82) is 0 Å². The summed E-state index contributed by atoms with van der Waals surface area (Å²) >= 11 is 0. The molecule has 1 atom stereocenters. The average Bonchev–Trinajstić information content (AvgIpc) is 1.64. The van der Waals surface area contributed by atoms with E-state index in [1.807, 2.05) is 5.32 Å². The fourth-order valence-corrected chi connectivity index (χ4v) is 0.357. The van der Waals surface area contributed by atoms with E-state index in [0.29, 0.717) is 0 Å². The number of likely N-dealkylation sites (N-methyl/N-ethyl adjacent to an activating group) is 1. The van der Waals surface area contributed by atoms with Crippen molar-refractivity contribution in [3.05, 3.63) is 0 Å². The first kappa shape index (κ1) is 8.29. The van der Waals surface area contributed by atoms with Crippen LogP contribution in [0, 0.1) is 0 Å². The maximum absolute atomic E-state index is 11.5. The van der Waals surface area contributed by atoms with Crippen LogP contribution in [0.3, 0.4) is 0 Å². The number of hydrogen-bond acceptors (Lipinski definition) is 2. The second-order valence-electron chi connectivity index (χ2n) is 1.44. The highest BCUT2D eigenvalue weighted by Gasteiger charge is 2.25. The topological polar surface area (TPSA) is 49.3 Å². The van der Waals surface area contributed by atoms with Gasteiger partial charge >= 0.3 is 5.97 Å². The van der Waals surface area contributed by atoms with E-state index in [1.54, 1.807) is 0 Å². The number of halogens is 2. The van der Waals surface area contributed by atoms with Crippen LogP contribution in [0.2, 0.25) is 0 Å². The Bertz CT molecular complexity index is 107. The summed E-state index contributed by atoms with van der Waals surface area (Å²) in [7, 11) is 1.17. The number of nitrogens with one attached hydrogen (secondary N) is 1. The molecule has 0 saturated heterocycles. The molecule has 0 aromatic rings. The third-order valence-corrected chi connectivity index (χ3v) is 0.829. The summed E-state index contributed by atoms with van der Waals surface area (Å²) in [6, 6.07) is -1.75. The molecule has 0 heterocycles. The molecule has 3 nitrogen and oxygen atoms in total. The molecule has 5 heteroatoms. The van der Waals surface area contributed by atoms with Crippen LogP contribution < -0.4 is 5.32 Å². The van der Waals surface area contributed by atoms with Gasteiger partial charge in [0.1, 0.15) is 0 Å². The van der Waals surface area contributed by atoms with Crippen molar-refractivity contribution in [2.45, 2.75) is 12.5 Å². The third kappa shape index (κ3) is 2.36. The van der Waals surface area contributed by atoms with Crippen molar-refractivity contribution in [2.75, 3.05) is 7.05 Å². The molecule has 0 aromatic heterocycles. The van der Waals surface area contributed by atoms with Gasteiger partial charge in [-0.3, -0.25) is 4.79 Å². The number of hydrogen-bond donors (Lipinski definition) is 2. The monoisotopic (exact) mass is 139 g/mol. The van der Waals surface area contributed by atoms with Crippen molar-refractivity contribution >= 4 is 5.97 Å². The van der Waals surface area contributed by atoms with E-state index >= 15 is 0 Å². The van der Waals surface area contributed by atoms with E-state index in [0.717, 1.165) is 0 Å². The minimum atomic E-state index is -2.85. The molecule has 0 bridgehead atoms. The number of aliphatic carboxylic acids is 1. The van der Waals surface area contributed by atoms with Crippen LogP contribution in [0.4, 0.5) is 8.78 Å². The summed E-state index contributed by atoms with van der Waals surface area (Å²) < 4.78 is 23.0. The van der Waals surface area contributed by atoms with E-state index in [2.05, 4.69) is 0 Å². The normalized spacial score (nSPS) is 13.8. The molecule has 2 N–H and O–H groups in total. The van der Waals surface area contributed by atoms with Crippen molar-refractivity contribution in [2.24, 2.45) is 0 Å². The summed E-state index contributed by atoms with van der Waals surface area (Å²) in [5.74, 6) is -1.53. The highest BCUT2D eigenvalue weighted by Crippen LogP contribution is 1.98. The molecule has 54 valence electrons. The first-order valence-corrected chi connectivity index (χ1v) is 2.27. The Balaban J connectivity index is 3.83. The van der Waals surface area contributed by atoms with Crippen molar-refractivity contribution < 1.29 is 18.7 Å². The molecule has 9 heavy (non-hydrogen) atoms. The van der Waals surface area contributed by atoms with Gasteiger partial charge in [-0.05, 0) is 7.05 Å². The molecule has 0 unspecified atom stereocenters. The summed E-state index contributed by atoms with van der Waals surface area (Å²) in [5.41, 5.74) is 0. The van der Waals surface area contributed by atoms with Crippen LogP contribution in [0.5, 0.6) is 0 Å². The van der Waals surface area contributed by atoms with E-state index < -0.39 is 18.4 Å². The zero-order chi connectivity index (χ0) is 7.44. The van der Waals surface area contributed by atoms with Gasteiger partial charge < -0.3 is 10.4 Å². The van der Waals surface area contributed by atoms with Crippen LogP contribution >= 0.6 is 0 Å². The molecular weight excluding hydrogens is 132 g/mol. The lowest BCUT2D eigenvalue weighted by Gasteiger charge is -2.07. The van der Waals surface area contributed by atoms with E-state index in [4.69, 9.17) is 5.11 Å². The molecule has 0 radical (unpaired) electrons. The lowest BCUT2D eigenvalue weighted by molar-refractivity contribution is -0.143. The number of carboxylic acids is 1. The number of carbonyl (C=O) groups is 1. The molecule has 0 fully saturated rings. The predicted molar refractivity (Wildman–Crippen MR) is 26.5 cm³/mol. The van der Waals surface area contributed by atoms with Crippen molar-refractivity contribution in [1.82, 2.24) is 5.32 Å². The maximum atomic E-state index is 11.5. The molecule has 0 aliphatic heterocycles. The second-order valence-corrected chi connectivity index (χ2v) is 1.44. The Morgan fingerprint density at radius 2 is 2.11 bits per heavy atom. The zero-order valence-corrected chi connectivity index (χ0v) is 4.77. The fourth-order valence-electron chi connectivity index (χ4n) is 0.357. The van der Waals surface area contributed by atoms with Crippen LogP contribution in [-0.4, -0.2) is 30.6 Å².